The first kappa shape index (κ1) is 13.4. The highest BCUT2D eigenvalue weighted by atomic mass is 16.5. The second-order valence-electron chi connectivity index (χ2n) is 5.18. The maximum Gasteiger partial charge on any atom is 0.118 e. The molecule has 1 aromatic carbocycles. The molecule has 2 atom stereocenters. The molecule has 0 radical (unpaired) electrons. The van der Waals surface area contributed by atoms with Gasteiger partial charge in [0.1, 0.15) is 5.75 Å². The number of methoxy groups -OCH3 is 1. The highest BCUT2D eigenvalue weighted by molar-refractivity contribution is 5.34. The fourth-order valence-corrected chi connectivity index (χ4v) is 3.10. The van der Waals surface area contributed by atoms with Crippen molar-refractivity contribution in [1.29, 1.82) is 0 Å². The number of aliphatic hydroxyl groups excluding tert-OH is 1. The van der Waals surface area contributed by atoms with Crippen LogP contribution in [0.3, 0.4) is 0 Å². The molecule has 0 heterocycles. The second-order valence-corrected chi connectivity index (χ2v) is 5.18. The van der Waals surface area contributed by atoms with E-state index in [0.717, 1.165) is 31.6 Å². The molecule has 2 N–H and O–H groups in total. The van der Waals surface area contributed by atoms with E-state index >= 15 is 0 Å². The van der Waals surface area contributed by atoms with Crippen LogP contribution in [0.25, 0.3) is 0 Å². The van der Waals surface area contributed by atoms with E-state index in [2.05, 4.69) is 17.4 Å². The molecule has 3 nitrogen and oxygen atoms in total. The average molecular weight is 249 g/mol. The predicted octanol–water partition coefficient (Wildman–Crippen LogP) is 2.09. The lowest BCUT2D eigenvalue weighted by atomic mass is 9.67. The van der Waals surface area contributed by atoms with E-state index in [1.807, 2.05) is 19.2 Å². The zero-order valence-corrected chi connectivity index (χ0v) is 11.3. The van der Waals surface area contributed by atoms with Gasteiger partial charge in [-0.2, -0.15) is 0 Å². The van der Waals surface area contributed by atoms with Crippen molar-refractivity contribution in [1.82, 2.24) is 5.32 Å². The lowest BCUT2D eigenvalue weighted by Crippen LogP contribution is -2.48. The van der Waals surface area contributed by atoms with E-state index in [4.69, 9.17) is 4.74 Å². The van der Waals surface area contributed by atoms with Crippen LogP contribution in [0.1, 0.15) is 31.2 Å². The van der Waals surface area contributed by atoms with Crippen LogP contribution in [-0.2, 0) is 5.41 Å². The SMILES string of the molecule is CNC[C@]1(c2ccc(OC)cc2)CCCC[C@@H]1O. The van der Waals surface area contributed by atoms with Crippen molar-refractivity contribution in [2.75, 3.05) is 20.7 Å². The first-order chi connectivity index (χ1) is 8.73. The number of hydrogen-bond acceptors (Lipinski definition) is 3. The summed E-state index contributed by atoms with van der Waals surface area (Å²) in [6.45, 7) is 0.820. The molecule has 1 aliphatic rings. The monoisotopic (exact) mass is 249 g/mol. The van der Waals surface area contributed by atoms with Gasteiger partial charge in [-0.3, -0.25) is 0 Å². The van der Waals surface area contributed by atoms with Crippen molar-refractivity contribution < 1.29 is 9.84 Å². The Morgan fingerprint density at radius 1 is 1.33 bits per heavy atom. The topological polar surface area (TPSA) is 41.5 Å². The van der Waals surface area contributed by atoms with E-state index in [0.29, 0.717) is 0 Å². The lowest BCUT2D eigenvalue weighted by molar-refractivity contribution is 0.0424. The van der Waals surface area contributed by atoms with Gasteiger partial charge in [0.2, 0.25) is 0 Å². The molecule has 0 aromatic heterocycles. The van der Waals surface area contributed by atoms with Gasteiger partial charge in [-0.15, -0.1) is 0 Å². The van der Waals surface area contributed by atoms with Crippen LogP contribution in [0, 0.1) is 0 Å². The van der Waals surface area contributed by atoms with Gasteiger partial charge >= 0.3 is 0 Å². The van der Waals surface area contributed by atoms with Gasteiger partial charge in [0, 0.05) is 12.0 Å². The normalized spacial score (nSPS) is 28.1. The molecule has 1 aromatic rings. The first-order valence-electron chi connectivity index (χ1n) is 6.70. The molecular formula is C15H23NO2. The van der Waals surface area contributed by atoms with Gasteiger partial charge < -0.3 is 15.2 Å². The van der Waals surface area contributed by atoms with E-state index in [-0.39, 0.29) is 11.5 Å². The van der Waals surface area contributed by atoms with Crippen LogP contribution in [0.4, 0.5) is 0 Å². The zero-order valence-electron chi connectivity index (χ0n) is 11.3. The van der Waals surface area contributed by atoms with Gasteiger partial charge in [-0.05, 0) is 37.6 Å². The molecule has 0 spiro atoms. The molecule has 18 heavy (non-hydrogen) atoms. The third-order valence-corrected chi connectivity index (χ3v) is 4.15. The maximum atomic E-state index is 10.5. The molecule has 100 valence electrons. The number of aliphatic hydroxyl groups is 1. The molecule has 0 aliphatic heterocycles. The Labute approximate surface area is 109 Å². The third-order valence-electron chi connectivity index (χ3n) is 4.15. The Balaban J connectivity index is 2.32. The minimum Gasteiger partial charge on any atom is -0.497 e. The Hall–Kier alpha value is -1.06. The summed E-state index contributed by atoms with van der Waals surface area (Å²) in [4.78, 5) is 0. The standard InChI is InChI=1S/C15H23NO2/c1-16-11-15(10-4-3-5-14(15)17)12-6-8-13(18-2)9-7-12/h6-9,14,16-17H,3-5,10-11H2,1-2H3/t14-,15-/m0/s1. The highest BCUT2D eigenvalue weighted by Gasteiger charge is 2.40. The second kappa shape index (κ2) is 5.72. The van der Waals surface area contributed by atoms with E-state index in [1.165, 1.54) is 12.0 Å². The smallest absolute Gasteiger partial charge is 0.118 e. The fraction of sp³-hybridized carbons (Fsp3) is 0.600. The van der Waals surface area contributed by atoms with Crippen molar-refractivity contribution >= 4 is 0 Å². The number of likely N-dealkylation sites (N-methyl/N-ethyl adjacent to an activating group) is 1. The van der Waals surface area contributed by atoms with Crippen LogP contribution in [0.15, 0.2) is 24.3 Å². The van der Waals surface area contributed by atoms with Crippen molar-refractivity contribution in [2.45, 2.75) is 37.2 Å². The van der Waals surface area contributed by atoms with Crippen LogP contribution in [0.5, 0.6) is 5.75 Å². The van der Waals surface area contributed by atoms with Crippen LogP contribution < -0.4 is 10.1 Å². The van der Waals surface area contributed by atoms with E-state index in [9.17, 15) is 5.11 Å². The number of rotatable bonds is 4. The summed E-state index contributed by atoms with van der Waals surface area (Å²) < 4.78 is 5.20. The molecule has 2 rings (SSSR count). The maximum absolute atomic E-state index is 10.5. The molecule has 1 fully saturated rings. The van der Waals surface area contributed by atoms with Gasteiger partial charge in [0.25, 0.3) is 0 Å². The van der Waals surface area contributed by atoms with Crippen LogP contribution in [-0.4, -0.2) is 31.9 Å². The van der Waals surface area contributed by atoms with Crippen LogP contribution >= 0.6 is 0 Å². The summed E-state index contributed by atoms with van der Waals surface area (Å²) in [5.41, 5.74) is 1.07. The number of hydrogen-bond donors (Lipinski definition) is 2. The predicted molar refractivity (Wildman–Crippen MR) is 73.1 cm³/mol. The molecule has 1 saturated carbocycles. The summed E-state index contributed by atoms with van der Waals surface area (Å²) in [5.74, 6) is 0.864. The Kier molecular flexibility index (Phi) is 4.25. The fourth-order valence-electron chi connectivity index (χ4n) is 3.10. The Morgan fingerprint density at radius 2 is 2.06 bits per heavy atom. The van der Waals surface area contributed by atoms with Gasteiger partial charge in [-0.25, -0.2) is 0 Å². The largest absolute Gasteiger partial charge is 0.497 e. The molecule has 0 amide bonds. The molecule has 0 bridgehead atoms. The van der Waals surface area contributed by atoms with Gasteiger partial charge in [-0.1, -0.05) is 25.0 Å². The minimum absolute atomic E-state index is 0.140. The van der Waals surface area contributed by atoms with Crippen LogP contribution in [0.2, 0.25) is 0 Å². The molecular weight excluding hydrogens is 226 g/mol. The number of ether oxygens (including phenoxy) is 1. The molecule has 0 unspecified atom stereocenters. The van der Waals surface area contributed by atoms with Gasteiger partial charge in [0.15, 0.2) is 0 Å². The first-order valence-corrected chi connectivity index (χ1v) is 6.70. The van der Waals surface area contributed by atoms with Crippen molar-refractivity contribution in [2.24, 2.45) is 0 Å². The van der Waals surface area contributed by atoms with Crippen molar-refractivity contribution in [3.8, 4) is 5.75 Å². The molecule has 3 heteroatoms. The minimum atomic E-state index is -0.257. The summed E-state index contributed by atoms with van der Waals surface area (Å²) in [6, 6.07) is 8.14. The summed E-state index contributed by atoms with van der Waals surface area (Å²) >= 11 is 0. The average Bonchev–Trinajstić information content (AvgIpc) is 2.42. The van der Waals surface area contributed by atoms with E-state index < -0.39 is 0 Å². The van der Waals surface area contributed by atoms with Crippen molar-refractivity contribution in [3.63, 3.8) is 0 Å². The Morgan fingerprint density at radius 3 is 2.61 bits per heavy atom. The third kappa shape index (κ3) is 2.38. The van der Waals surface area contributed by atoms with E-state index in [1.54, 1.807) is 7.11 Å². The zero-order chi connectivity index (χ0) is 13.0. The molecule has 0 saturated heterocycles. The summed E-state index contributed by atoms with van der Waals surface area (Å²) in [6.07, 6.45) is 4.00. The van der Waals surface area contributed by atoms with Crippen molar-refractivity contribution in [3.05, 3.63) is 29.8 Å². The number of nitrogens with one attached hydrogen (secondary N) is 1. The highest BCUT2D eigenvalue weighted by Crippen LogP contribution is 2.39. The Bertz CT molecular complexity index is 373. The van der Waals surface area contributed by atoms with Gasteiger partial charge in [0.05, 0.1) is 13.2 Å². The summed E-state index contributed by atoms with van der Waals surface area (Å²) in [5, 5.41) is 13.7. The summed E-state index contributed by atoms with van der Waals surface area (Å²) in [7, 11) is 3.63. The number of benzene rings is 1. The quantitative estimate of drug-likeness (QED) is 0.858. The lowest BCUT2D eigenvalue weighted by Gasteiger charge is -2.42. The molecule has 1 aliphatic carbocycles.